The second-order valence-electron chi connectivity index (χ2n) is 5.65. The van der Waals surface area contributed by atoms with Crippen molar-refractivity contribution in [2.75, 3.05) is 13.7 Å². The highest BCUT2D eigenvalue weighted by Gasteiger charge is 2.36. The predicted octanol–water partition coefficient (Wildman–Crippen LogP) is 1.92. The molecular formula is C15H20N4O4S. The van der Waals surface area contributed by atoms with E-state index < -0.39 is 16.1 Å². The molecule has 0 N–H and O–H groups in total. The van der Waals surface area contributed by atoms with Crippen LogP contribution in [0.5, 0.6) is 0 Å². The molecule has 1 aliphatic heterocycles. The number of aromatic nitrogens is 3. The highest BCUT2D eigenvalue weighted by Crippen LogP contribution is 2.33. The zero-order valence-corrected chi connectivity index (χ0v) is 14.3. The van der Waals surface area contributed by atoms with Crippen LogP contribution in [0.3, 0.4) is 0 Å². The van der Waals surface area contributed by atoms with Crippen LogP contribution in [-0.4, -0.2) is 41.5 Å². The van der Waals surface area contributed by atoms with Crippen LogP contribution < -0.4 is 0 Å². The SMILES string of the molecule is COCc1nc([C@H]2CCCCCN2S(=O)(=O)c2cccnc2)no1. The van der Waals surface area contributed by atoms with Crippen LogP contribution in [-0.2, 0) is 21.4 Å². The topological polar surface area (TPSA) is 98.4 Å². The molecule has 1 saturated heterocycles. The number of methoxy groups -OCH3 is 1. The first-order chi connectivity index (χ1) is 11.6. The van der Waals surface area contributed by atoms with Crippen LogP contribution in [0, 0.1) is 0 Å². The zero-order chi connectivity index (χ0) is 17.0. The van der Waals surface area contributed by atoms with Gasteiger partial charge in [-0.1, -0.05) is 18.0 Å². The lowest BCUT2D eigenvalue weighted by Gasteiger charge is -2.26. The summed E-state index contributed by atoms with van der Waals surface area (Å²) < 4.78 is 37.7. The molecule has 0 bridgehead atoms. The summed E-state index contributed by atoms with van der Waals surface area (Å²) >= 11 is 0. The summed E-state index contributed by atoms with van der Waals surface area (Å²) in [5.74, 6) is 0.729. The van der Waals surface area contributed by atoms with Crippen LogP contribution >= 0.6 is 0 Å². The minimum absolute atomic E-state index is 0.178. The fourth-order valence-electron chi connectivity index (χ4n) is 2.85. The van der Waals surface area contributed by atoms with Crippen LogP contribution in [0.2, 0.25) is 0 Å². The van der Waals surface area contributed by atoms with Crippen molar-refractivity contribution in [3.8, 4) is 0 Å². The van der Waals surface area contributed by atoms with Crippen molar-refractivity contribution < 1.29 is 17.7 Å². The van der Waals surface area contributed by atoms with E-state index in [2.05, 4.69) is 15.1 Å². The van der Waals surface area contributed by atoms with Gasteiger partial charge in [0.15, 0.2) is 5.82 Å². The largest absolute Gasteiger partial charge is 0.375 e. The van der Waals surface area contributed by atoms with Crippen LogP contribution in [0.25, 0.3) is 0 Å². The van der Waals surface area contributed by atoms with Gasteiger partial charge in [-0.3, -0.25) is 4.98 Å². The quantitative estimate of drug-likeness (QED) is 0.810. The van der Waals surface area contributed by atoms with Crippen molar-refractivity contribution in [2.24, 2.45) is 0 Å². The number of hydrogen-bond acceptors (Lipinski definition) is 7. The Morgan fingerprint density at radius 1 is 1.38 bits per heavy atom. The molecule has 0 amide bonds. The summed E-state index contributed by atoms with van der Waals surface area (Å²) in [6, 6.07) is 2.73. The molecule has 0 aliphatic carbocycles. The Hall–Kier alpha value is -1.84. The maximum absolute atomic E-state index is 13.0. The van der Waals surface area contributed by atoms with Gasteiger partial charge in [0.1, 0.15) is 11.5 Å². The molecule has 9 heteroatoms. The number of hydrogen-bond donors (Lipinski definition) is 0. The maximum atomic E-state index is 13.0. The number of rotatable bonds is 5. The van der Waals surface area contributed by atoms with E-state index in [1.54, 1.807) is 18.3 Å². The Bertz CT molecular complexity index is 763. The Morgan fingerprint density at radius 2 is 2.25 bits per heavy atom. The Kier molecular flexibility index (Phi) is 5.22. The van der Waals surface area contributed by atoms with E-state index in [0.717, 1.165) is 19.3 Å². The normalized spacial score (nSPS) is 20.0. The van der Waals surface area contributed by atoms with Gasteiger partial charge < -0.3 is 9.26 Å². The van der Waals surface area contributed by atoms with Crippen molar-refractivity contribution >= 4 is 10.0 Å². The van der Waals surface area contributed by atoms with E-state index >= 15 is 0 Å². The summed E-state index contributed by atoms with van der Waals surface area (Å²) in [5.41, 5.74) is 0. The van der Waals surface area contributed by atoms with Gasteiger partial charge >= 0.3 is 0 Å². The third-order valence-electron chi connectivity index (χ3n) is 3.99. The number of ether oxygens (including phenoxy) is 1. The van der Waals surface area contributed by atoms with Crippen molar-refractivity contribution in [3.63, 3.8) is 0 Å². The fraction of sp³-hybridized carbons (Fsp3) is 0.533. The lowest BCUT2D eigenvalue weighted by molar-refractivity contribution is 0.151. The van der Waals surface area contributed by atoms with Crippen molar-refractivity contribution in [1.29, 1.82) is 0 Å². The fourth-order valence-corrected chi connectivity index (χ4v) is 4.47. The molecule has 0 saturated carbocycles. The molecule has 8 nitrogen and oxygen atoms in total. The van der Waals surface area contributed by atoms with E-state index in [9.17, 15) is 8.42 Å². The third-order valence-corrected chi connectivity index (χ3v) is 5.89. The van der Waals surface area contributed by atoms with Crippen molar-refractivity contribution in [1.82, 2.24) is 19.4 Å². The van der Waals surface area contributed by atoms with Crippen LogP contribution in [0.15, 0.2) is 33.9 Å². The Balaban J connectivity index is 1.95. The van der Waals surface area contributed by atoms with Gasteiger partial charge in [-0.25, -0.2) is 8.42 Å². The van der Waals surface area contributed by atoms with Gasteiger partial charge in [-0.15, -0.1) is 0 Å². The molecule has 1 fully saturated rings. The van der Waals surface area contributed by atoms with Gasteiger partial charge in [0, 0.05) is 26.0 Å². The van der Waals surface area contributed by atoms with E-state index in [-0.39, 0.29) is 11.5 Å². The Labute approximate surface area is 140 Å². The van der Waals surface area contributed by atoms with Gasteiger partial charge in [-0.05, 0) is 25.0 Å². The summed E-state index contributed by atoms with van der Waals surface area (Å²) in [6.07, 6.45) is 6.26. The first-order valence-corrected chi connectivity index (χ1v) is 9.30. The smallest absolute Gasteiger partial charge is 0.252 e. The highest BCUT2D eigenvalue weighted by molar-refractivity contribution is 7.89. The summed E-state index contributed by atoms with van der Waals surface area (Å²) in [7, 11) is -2.13. The van der Waals surface area contributed by atoms with E-state index in [1.807, 2.05) is 0 Å². The predicted molar refractivity (Wildman–Crippen MR) is 84.3 cm³/mol. The molecule has 24 heavy (non-hydrogen) atoms. The first-order valence-electron chi connectivity index (χ1n) is 7.86. The molecule has 3 rings (SSSR count). The van der Waals surface area contributed by atoms with Gasteiger partial charge in [0.05, 0.1) is 6.04 Å². The average molecular weight is 352 g/mol. The minimum Gasteiger partial charge on any atom is -0.375 e. The summed E-state index contributed by atoms with van der Waals surface area (Å²) in [6.45, 7) is 0.630. The lowest BCUT2D eigenvalue weighted by atomic mass is 10.1. The first kappa shape index (κ1) is 17.0. The van der Waals surface area contributed by atoms with Crippen LogP contribution in [0.1, 0.15) is 43.4 Å². The average Bonchev–Trinajstić information content (AvgIpc) is 2.91. The lowest BCUT2D eigenvalue weighted by Crippen LogP contribution is -2.35. The number of sulfonamides is 1. The molecule has 0 radical (unpaired) electrons. The monoisotopic (exact) mass is 352 g/mol. The number of nitrogens with zero attached hydrogens (tertiary/aromatic N) is 4. The maximum Gasteiger partial charge on any atom is 0.252 e. The number of pyridine rings is 1. The van der Waals surface area contributed by atoms with Crippen molar-refractivity contribution in [3.05, 3.63) is 36.2 Å². The standard InChI is InChI=1S/C15H20N4O4S/c1-22-11-14-17-15(18-23-14)13-7-3-2-4-9-19(13)24(20,21)12-6-5-8-16-10-12/h5-6,8,10,13H,2-4,7,9,11H2,1H3/t13-/m1/s1. The second-order valence-corrected chi connectivity index (χ2v) is 7.54. The molecule has 130 valence electrons. The molecule has 2 aromatic rings. The van der Waals surface area contributed by atoms with E-state index in [4.69, 9.17) is 9.26 Å². The summed E-state index contributed by atoms with van der Waals surface area (Å²) in [5, 5.41) is 3.97. The third kappa shape index (κ3) is 3.47. The molecule has 0 spiro atoms. The summed E-state index contributed by atoms with van der Waals surface area (Å²) in [4.78, 5) is 8.40. The van der Waals surface area contributed by atoms with Gasteiger partial charge in [-0.2, -0.15) is 9.29 Å². The molecule has 0 aromatic carbocycles. The molecule has 3 heterocycles. The molecule has 0 unspecified atom stereocenters. The van der Waals surface area contributed by atoms with E-state index in [0.29, 0.717) is 24.7 Å². The Morgan fingerprint density at radius 3 is 3.00 bits per heavy atom. The van der Waals surface area contributed by atoms with Gasteiger partial charge in [0.25, 0.3) is 5.89 Å². The second kappa shape index (κ2) is 7.37. The van der Waals surface area contributed by atoms with E-state index in [1.165, 1.54) is 17.6 Å². The van der Waals surface area contributed by atoms with Gasteiger partial charge in [0.2, 0.25) is 10.0 Å². The molecule has 1 atom stereocenters. The van der Waals surface area contributed by atoms with Crippen molar-refractivity contribution in [2.45, 2.75) is 43.2 Å². The molecule has 2 aromatic heterocycles. The zero-order valence-electron chi connectivity index (χ0n) is 13.5. The highest BCUT2D eigenvalue weighted by atomic mass is 32.2. The molecular weight excluding hydrogens is 332 g/mol. The van der Waals surface area contributed by atoms with Crippen LogP contribution in [0.4, 0.5) is 0 Å². The molecule has 1 aliphatic rings. The minimum atomic E-state index is -3.67.